The molecule has 1 aliphatic heterocycles. The second-order valence-electron chi connectivity index (χ2n) is 7.52. The van der Waals surface area contributed by atoms with Gasteiger partial charge in [0.2, 0.25) is 0 Å². The molecule has 0 spiro atoms. The van der Waals surface area contributed by atoms with Crippen LogP contribution in [0, 0.1) is 5.82 Å². The Hall–Kier alpha value is -2.15. The minimum absolute atomic E-state index is 0.195. The summed E-state index contributed by atoms with van der Waals surface area (Å²) in [6.45, 7) is 5.37. The third-order valence-corrected chi connectivity index (χ3v) is 5.34. The van der Waals surface area contributed by atoms with Gasteiger partial charge in [0.05, 0.1) is 0 Å². The molecule has 1 saturated heterocycles. The van der Waals surface area contributed by atoms with Gasteiger partial charge in [0.15, 0.2) is 6.29 Å². The summed E-state index contributed by atoms with van der Waals surface area (Å²) >= 11 is 0. The van der Waals surface area contributed by atoms with E-state index < -0.39 is 6.29 Å². The van der Waals surface area contributed by atoms with E-state index in [9.17, 15) is 4.39 Å². The lowest BCUT2D eigenvalue weighted by molar-refractivity contribution is -0.0465. The van der Waals surface area contributed by atoms with E-state index in [1.165, 1.54) is 17.7 Å². The van der Waals surface area contributed by atoms with Crippen LogP contribution in [-0.2, 0) is 6.42 Å². The van der Waals surface area contributed by atoms with Gasteiger partial charge in [-0.3, -0.25) is 4.90 Å². The molecule has 6 heteroatoms. The van der Waals surface area contributed by atoms with Gasteiger partial charge < -0.3 is 19.8 Å². The number of rotatable bonds is 10. The van der Waals surface area contributed by atoms with E-state index in [2.05, 4.69) is 21.9 Å². The molecule has 29 heavy (non-hydrogen) atoms. The molecule has 2 N–H and O–H groups in total. The highest BCUT2D eigenvalue weighted by molar-refractivity contribution is 5.46. The number of piperazine rings is 1. The number of aryl methyl sites for hydroxylation is 1. The molecule has 0 radical (unpaired) electrons. The molecule has 3 rings (SSSR count). The Bertz CT molecular complexity index is 714. The van der Waals surface area contributed by atoms with Crippen molar-refractivity contribution >= 4 is 5.69 Å². The van der Waals surface area contributed by atoms with Crippen LogP contribution in [0.15, 0.2) is 48.5 Å². The first kappa shape index (κ1) is 21.6. The summed E-state index contributed by atoms with van der Waals surface area (Å²) in [5.41, 5.74) is 2.32. The maximum absolute atomic E-state index is 13.1. The predicted octanol–water partition coefficient (Wildman–Crippen LogP) is 3.05. The van der Waals surface area contributed by atoms with Crippen molar-refractivity contribution in [2.24, 2.45) is 0 Å². The van der Waals surface area contributed by atoms with Crippen molar-refractivity contribution < 1.29 is 19.3 Å². The van der Waals surface area contributed by atoms with Crippen LogP contribution in [-0.4, -0.2) is 60.7 Å². The Morgan fingerprint density at radius 2 is 1.59 bits per heavy atom. The van der Waals surface area contributed by atoms with Crippen LogP contribution >= 0.6 is 0 Å². The number of benzene rings is 2. The summed E-state index contributed by atoms with van der Waals surface area (Å²) in [6, 6.07) is 14.9. The maximum atomic E-state index is 13.1. The molecule has 0 saturated carbocycles. The number of hydrogen-bond donors (Lipinski definition) is 2. The number of aliphatic hydroxyl groups excluding tert-OH is 1. The second kappa shape index (κ2) is 11.1. The number of ether oxygens (including phenoxy) is 1. The standard InChI is InChI=1S/C23H31FN2O3/c24-20-7-9-21(10-8-20)26-15-13-25(14-16-26)17-18-29-22-11-5-19(6-12-22)3-1-2-4-23(27)28/h5-12,23,27-28H,1-4,13-18H2. The zero-order valence-electron chi connectivity index (χ0n) is 16.8. The van der Waals surface area contributed by atoms with Crippen LogP contribution in [0.5, 0.6) is 5.75 Å². The lowest BCUT2D eigenvalue weighted by Crippen LogP contribution is -2.47. The molecular formula is C23H31FN2O3. The Balaban J connectivity index is 1.32. The quantitative estimate of drug-likeness (QED) is 0.473. The van der Waals surface area contributed by atoms with E-state index in [-0.39, 0.29) is 5.82 Å². The van der Waals surface area contributed by atoms with E-state index in [1.807, 2.05) is 24.3 Å². The SMILES string of the molecule is OC(O)CCCCc1ccc(OCCN2CCN(c3ccc(F)cc3)CC2)cc1. The molecule has 158 valence electrons. The van der Waals surface area contributed by atoms with Gasteiger partial charge in [-0.15, -0.1) is 0 Å². The van der Waals surface area contributed by atoms with Crippen molar-refractivity contribution in [3.05, 3.63) is 59.9 Å². The van der Waals surface area contributed by atoms with Crippen LogP contribution in [0.4, 0.5) is 10.1 Å². The summed E-state index contributed by atoms with van der Waals surface area (Å²) in [6.07, 6.45) is 1.92. The van der Waals surface area contributed by atoms with Gasteiger partial charge >= 0.3 is 0 Å². The van der Waals surface area contributed by atoms with E-state index >= 15 is 0 Å². The van der Waals surface area contributed by atoms with Crippen molar-refractivity contribution in [1.29, 1.82) is 0 Å². The molecule has 0 amide bonds. The summed E-state index contributed by atoms with van der Waals surface area (Å²) in [5.74, 6) is 0.684. The van der Waals surface area contributed by atoms with Gasteiger partial charge in [-0.25, -0.2) is 4.39 Å². The topological polar surface area (TPSA) is 56.2 Å². The number of nitrogens with zero attached hydrogens (tertiary/aromatic N) is 2. The molecule has 5 nitrogen and oxygen atoms in total. The zero-order valence-corrected chi connectivity index (χ0v) is 16.8. The van der Waals surface area contributed by atoms with Crippen molar-refractivity contribution in [1.82, 2.24) is 4.90 Å². The van der Waals surface area contributed by atoms with Gasteiger partial charge in [-0.2, -0.15) is 0 Å². The third kappa shape index (κ3) is 7.31. The lowest BCUT2D eigenvalue weighted by atomic mass is 10.1. The molecule has 0 unspecified atom stereocenters. The molecule has 1 fully saturated rings. The summed E-state index contributed by atoms with van der Waals surface area (Å²) in [4.78, 5) is 4.68. The molecule has 0 aliphatic carbocycles. The molecular weight excluding hydrogens is 371 g/mol. The molecule has 0 aromatic heterocycles. The highest BCUT2D eigenvalue weighted by Crippen LogP contribution is 2.17. The fourth-order valence-corrected chi connectivity index (χ4v) is 3.58. The number of unbranched alkanes of at least 4 members (excludes halogenated alkanes) is 1. The van der Waals surface area contributed by atoms with Crippen LogP contribution < -0.4 is 9.64 Å². The first-order chi connectivity index (χ1) is 14.1. The van der Waals surface area contributed by atoms with Crippen LogP contribution in [0.2, 0.25) is 0 Å². The Labute approximate surface area is 172 Å². The smallest absolute Gasteiger partial charge is 0.151 e. The molecule has 1 aliphatic rings. The van der Waals surface area contributed by atoms with E-state index in [4.69, 9.17) is 14.9 Å². The number of halogens is 1. The van der Waals surface area contributed by atoms with Gasteiger partial charge in [-0.1, -0.05) is 12.1 Å². The van der Waals surface area contributed by atoms with E-state index in [1.54, 1.807) is 0 Å². The lowest BCUT2D eigenvalue weighted by Gasteiger charge is -2.36. The summed E-state index contributed by atoms with van der Waals surface area (Å²) in [5, 5.41) is 17.7. The van der Waals surface area contributed by atoms with E-state index in [0.29, 0.717) is 13.0 Å². The summed E-state index contributed by atoms with van der Waals surface area (Å²) in [7, 11) is 0. The van der Waals surface area contributed by atoms with Crippen LogP contribution in [0.25, 0.3) is 0 Å². The van der Waals surface area contributed by atoms with Crippen LogP contribution in [0.1, 0.15) is 24.8 Å². The molecule has 1 heterocycles. The van der Waals surface area contributed by atoms with Gasteiger partial charge in [0.25, 0.3) is 0 Å². The van der Waals surface area contributed by atoms with Gasteiger partial charge in [-0.05, 0) is 67.6 Å². The fraction of sp³-hybridized carbons (Fsp3) is 0.478. The average molecular weight is 403 g/mol. The molecule has 0 bridgehead atoms. The van der Waals surface area contributed by atoms with Crippen molar-refractivity contribution in [3.8, 4) is 5.75 Å². The highest BCUT2D eigenvalue weighted by Gasteiger charge is 2.17. The minimum Gasteiger partial charge on any atom is -0.492 e. The third-order valence-electron chi connectivity index (χ3n) is 5.34. The van der Waals surface area contributed by atoms with Gasteiger partial charge in [0.1, 0.15) is 18.2 Å². The van der Waals surface area contributed by atoms with Crippen molar-refractivity contribution in [2.45, 2.75) is 32.0 Å². The van der Waals surface area contributed by atoms with Crippen LogP contribution in [0.3, 0.4) is 0 Å². The summed E-state index contributed by atoms with van der Waals surface area (Å²) < 4.78 is 18.9. The Morgan fingerprint density at radius 1 is 0.897 bits per heavy atom. The maximum Gasteiger partial charge on any atom is 0.151 e. The normalized spacial score (nSPS) is 15.1. The molecule has 2 aromatic carbocycles. The first-order valence-corrected chi connectivity index (χ1v) is 10.4. The second-order valence-corrected chi connectivity index (χ2v) is 7.52. The number of hydrogen-bond acceptors (Lipinski definition) is 5. The van der Waals surface area contributed by atoms with Crippen molar-refractivity contribution in [2.75, 3.05) is 44.2 Å². The molecule has 0 atom stereocenters. The minimum atomic E-state index is -1.20. The predicted molar refractivity (Wildman–Crippen MR) is 113 cm³/mol. The largest absolute Gasteiger partial charge is 0.492 e. The van der Waals surface area contributed by atoms with Gasteiger partial charge in [0, 0.05) is 38.4 Å². The number of anilines is 1. The monoisotopic (exact) mass is 402 g/mol. The number of aliphatic hydroxyl groups is 2. The average Bonchev–Trinajstić information content (AvgIpc) is 2.73. The highest BCUT2D eigenvalue weighted by atomic mass is 19.1. The Kier molecular flexibility index (Phi) is 8.28. The van der Waals surface area contributed by atoms with Crippen molar-refractivity contribution in [3.63, 3.8) is 0 Å². The zero-order chi connectivity index (χ0) is 20.5. The van der Waals surface area contributed by atoms with E-state index in [0.717, 1.165) is 63.4 Å². The first-order valence-electron chi connectivity index (χ1n) is 10.4. The Morgan fingerprint density at radius 3 is 2.24 bits per heavy atom. The fourth-order valence-electron chi connectivity index (χ4n) is 3.58. The molecule has 2 aromatic rings.